The standard InChI is InChI=1S/C7H12N4O3/c8-10-9-3-5-1-2-11(7(13)14)4-6(5)12/h5-6,12H,1-4H2,(H,13,14). The third-order valence-corrected chi connectivity index (χ3v) is 2.37. The van der Waals surface area contributed by atoms with E-state index in [9.17, 15) is 9.90 Å². The smallest absolute Gasteiger partial charge is 0.407 e. The van der Waals surface area contributed by atoms with E-state index in [0.717, 1.165) is 4.90 Å². The van der Waals surface area contributed by atoms with Crippen molar-refractivity contribution in [1.29, 1.82) is 0 Å². The van der Waals surface area contributed by atoms with Gasteiger partial charge < -0.3 is 15.1 Å². The zero-order valence-corrected chi connectivity index (χ0v) is 7.57. The molecule has 1 heterocycles. The summed E-state index contributed by atoms with van der Waals surface area (Å²) < 4.78 is 0. The van der Waals surface area contributed by atoms with Gasteiger partial charge in [-0.05, 0) is 17.9 Å². The molecule has 1 aliphatic heterocycles. The normalized spacial score (nSPS) is 26.8. The number of carbonyl (C=O) groups is 1. The molecule has 2 N–H and O–H groups in total. The molecule has 0 saturated carbocycles. The van der Waals surface area contributed by atoms with Crippen molar-refractivity contribution in [2.45, 2.75) is 12.5 Å². The van der Waals surface area contributed by atoms with Crippen LogP contribution < -0.4 is 0 Å². The number of piperidine rings is 1. The molecule has 1 saturated heterocycles. The number of hydrogen-bond acceptors (Lipinski definition) is 3. The first kappa shape index (κ1) is 10.6. The Bertz CT molecular complexity index is 264. The van der Waals surface area contributed by atoms with Gasteiger partial charge in [0.05, 0.1) is 12.6 Å². The molecule has 1 fully saturated rings. The van der Waals surface area contributed by atoms with Crippen LogP contribution >= 0.6 is 0 Å². The van der Waals surface area contributed by atoms with Crippen LogP contribution in [0, 0.1) is 5.92 Å². The van der Waals surface area contributed by atoms with Crippen molar-refractivity contribution in [1.82, 2.24) is 4.90 Å². The number of hydrogen-bond donors (Lipinski definition) is 2. The lowest BCUT2D eigenvalue weighted by molar-refractivity contribution is 0.0280. The number of amides is 1. The van der Waals surface area contributed by atoms with Crippen molar-refractivity contribution in [2.24, 2.45) is 11.0 Å². The summed E-state index contributed by atoms with van der Waals surface area (Å²) in [6.07, 6.45) is -1.22. The van der Waals surface area contributed by atoms with E-state index in [1.807, 2.05) is 0 Å². The highest BCUT2D eigenvalue weighted by Crippen LogP contribution is 2.18. The van der Waals surface area contributed by atoms with Gasteiger partial charge in [0.1, 0.15) is 0 Å². The SMILES string of the molecule is [N-]=[N+]=NCC1CCN(C(=O)O)CC1O. The number of β-amino-alcohol motifs (C(OH)–C–C–N with tert-alkyl or cyclic N) is 1. The van der Waals surface area contributed by atoms with Crippen LogP contribution in [0.4, 0.5) is 4.79 Å². The van der Waals surface area contributed by atoms with Crippen molar-refractivity contribution in [3.63, 3.8) is 0 Å². The molecule has 7 heteroatoms. The highest BCUT2D eigenvalue weighted by molar-refractivity contribution is 5.65. The summed E-state index contributed by atoms with van der Waals surface area (Å²) in [7, 11) is 0. The first-order valence-electron chi connectivity index (χ1n) is 4.32. The van der Waals surface area contributed by atoms with E-state index in [1.165, 1.54) is 0 Å². The Morgan fingerprint density at radius 2 is 2.43 bits per heavy atom. The number of azide groups is 1. The highest BCUT2D eigenvalue weighted by atomic mass is 16.4. The van der Waals surface area contributed by atoms with Crippen molar-refractivity contribution in [3.8, 4) is 0 Å². The van der Waals surface area contributed by atoms with Crippen LogP contribution in [0.2, 0.25) is 0 Å². The molecule has 0 aliphatic carbocycles. The first-order valence-corrected chi connectivity index (χ1v) is 4.32. The molecular formula is C7H12N4O3. The third-order valence-electron chi connectivity index (χ3n) is 2.37. The molecule has 2 atom stereocenters. The van der Waals surface area contributed by atoms with Gasteiger partial charge in [0.25, 0.3) is 0 Å². The minimum Gasteiger partial charge on any atom is -0.465 e. The Kier molecular flexibility index (Phi) is 3.55. The average molecular weight is 200 g/mol. The topological polar surface area (TPSA) is 110 Å². The lowest BCUT2D eigenvalue weighted by Crippen LogP contribution is -2.46. The fourth-order valence-electron chi connectivity index (χ4n) is 1.51. The molecule has 0 radical (unpaired) electrons. The molecule has 1 rings (SSSR count). The van der Waals surface area contributed by atoms with E-state index in [1.54, 1.807) is 0 Å². The van der Waals surface area contributed by atoms with Crippen LogP contribution in [0.25, 0.3) is 10.4 Å². The van der Waals surface area contributed by atoms with Crippen LogP contribution in [0.1, 0.15) is 6.42 Å². The Morgan fingerprint density at radius 3 is 2.93 bits per heavy atom. The maximum Gasteiger partial charge on any atom is 0.407 e. The largest absolute Gasteiger partial charge is 0.465 e. The van der Waals surface area contributed by atoms with Crippen LogP contribution in [0.3, 0.4) is 0 Å². The maximum atomic E-state index is 10.6. The monoisotopic (exact) mass is 200 g/mol. The Morgan fingerprint density at radius 1 is 1.71 bits per heavy atom. The van der Waals surface area contributed by atoms with E-state index < -0.39 is 12.2 Å². The van der Waals surface area contributed by atoms with Gasteiger partial charge in [0.2, 0.25) is 0 Å². The van der Waals surface area contributed by atoms with Gasteiger partial charge in [-0.15, -0.1) is 0 Å². The van der Waals surface area contributed by atoms with Crippen LogP contribution in [0.15, 0.2) is 5.11 Å². The summed E-state index contributed by atoms with van der Waals surface area (Å²) >= 11 is 0. The van der Waals surface area contributed by atoms with E-state index in [4.69, 9.17) is 10.6 Å². The Balaban J connectivity index is 2.47. The molecule has 1 aliphatic rings. The van der Waals surface area contributed by atoms with E-state index in [-0.39, 0.29) is 19.0 Å². The van der Waals surface area contributed by atoms with Gasteiger partial charge >= 0.3 is 6.09 Å². The summed E-state index contributed by atoms with van der Waals surface area (Å²) in [6, 6.07) is 0. The summed E-state index contributed by atoms with van der Waals surface area (Å²) in [5, 5.41) is 21.5. The van der Waals surface area contributed by atoms with Crippen molar-refractivity contribution < 1.29 is 15.0 Å². The van der Waals surface area contributed by atoms with Crippen LogP contribution in [-0.4, -0.2) is 46.9 Å². The minimum atomic E-state index is -1.02. The van der Waals surface area contributed by atoms with E-state index in [2.05, 4.69) is 10.0 Å². The van der Waals surface area contributed by atoms with Crippen LogP contribution in [0.5, 0.6) is 0 Å². The van der Waals surface area contributed by atoms with Gasteiger partial charge in [-0.3, -0.25) is 0 Å². The molecule has 78 valence electrons. The average Bonchev–Trinajstić information content (AvgIpc) is 2.15. The summed E-state index contributed by atoms with van der Waals surface area (Å²) in [5.74, 6) is -0.124. The lowest BCUT2D eigenvalue weighted by Gasteiger charge is -2.33. The molecule has 7 nitrogen and oxygen atoms in total. The molecule has 0 bridgehead atoms. The molecule has 14 heavy (non-hydrogen) atoms. The number of carboxylic acid groups (broad SMARTS) is 1. The van der Waals surface area contributed by atoms with Gasteiger partial charge in [-0.1, -0.05) is 5.11 Å². The molecule has 2 unspecified atom stereocenters. The van der Waals surface area contributed by atoms with Crippen LogP contribution in [-0.2, 0) is 0 Å². The second kappa shape index (κ2) is 4.69. The molecular weight excluding hydrogens is 188 g/mol. The zero-order chi connectivity index (χ0) is 10.6. The number of rotatable bonds is 2. The quantitative estimate of drug-likeness (QED) is 0.388. The zero-order valence-electron chi connectivity index (χ0n) is 7.57. The van der Waals surface area contributed by atoms with Crippen molar-refractivity contribution in [3.05, 3.63) is 10.4 Å². The molecule has 1 amide bonds. The number of aliphatic hydroxyl groups is 1. The predicted octanol–water partition coefficient (Wildman–Crippen LogP) is 0.657. The fourth-order valence-corrected chi connectivity index (χ4v) is 1.51. The second-order valence-electron chi connectivity index (χ2n) is 3.26. The molecule has 0 aromatic heterocycles. The van der Waals surface area contributed by atoms with Gasteiger partial charge in [0.15, 0.2) is 0 Å². The lowest BCUT2D eigenvalue weighted by atomic mass is 9.94. The summed E-state index contributed by atoms with van der Waals surface area (Å²) in [4.78, 5) is 14.3. The predicted molar refractivity (Wildman–Crippen MR) is 47.7 cm³/mol. The van der Waals surface area contributed by atoms with E-state index >= 15 is 0 Å². The fraction of sp³-hybridized carbons (Fsp3) is 0.857. The van der Waals surface area contributed by atoms with Gasteiger partial charge in [-0.2, -0.15) is 0 Å². The second-order valence-corrected chi connectivity index (χ2v) is 3.26. The summed E-state index contributed by atoms with van der Waals surface area (Å²) in [5.41, 5.74) is 8.10. The number of likely N-dealkylation sites (tertiary alicyclic amines) is 1. The van der Waals surface area contributed by atoms with Gasteiger partial charge in [0, 0.05) is 18.0 Å². The Hall–Kier alpha value is -1.46. The van der Waals surface area contributed by atoms with Crippen molar-refractivity contribution in [2.75, 3.05) is 19.6 Å². The first-order chi connectivity index (χ1) is 6.65. The van der Waals surface area contributed by atoms with Gasteiger partial charge in [-0.25, -0.2) is 4.79 Å². The maximum absolute atomic E-state index is 10.6. The third kappa shape index (κ3) is 2.51. The minimum absolute atomic E-state index is 0.0982. The number of nitrogens with zero attached hydrogens (tertiary/aromatic N) is 4. The molecule has 0 aromatic rings. The van der Waals surface area contributed by atoms with Crippen molar-refractivity contribution >= 4 is 6.09 Å². The summed E-state index contributed by atoms with van der Waals surface area (Å²) in [6.45, 7) is 0.712. The Labute approximate surface area is 80.6 Å². The molecule has 0 spiro atoms. The number of aliphatic hydroxyl groups excluding tert-OH is 1. The highest BCUT2D eigenvalue weighted by Gasteiger charge is 2.29. The van der Waals surface area contributed by atoms with E-state index in [0.29, 0.717) is 13.0 Å². The molecule has 0 aromatic carbocycles.